The van der Waals surface area contributed by atoms with Crippen LogP contribution in [0.4, 0.5) is 0 Å². The molecule has 0 fully saturated rings. The molecular formula is C12H32N2Si2. The molecule has 98 valence electrons. The van der Waals surface area contributed by atoms with Gasteiger partial charge in [-0.1, -0.05) is 20.8 Å². The summed E-state index contributed by atoms with van der Waals surface area (Å²) < 4.78 is 2.74. The average molecular weight is 261 g/mol. The minimum Gasteiger partial charge on any atom is -0.328 e. The molecule has 0 radical (unpaired) electrons. The van der Waals surface area contributed by atoms with E-state index in [9.17, 15) is 0 Å². The first-order valence-corrected chi connectivity index (χ1v) is 12.7. The Morgan fingerprint density at radius 2 is 1.31 bits per heavy atom. The van der Waals surface area contributed by atoms with Crippen molar-refractivity contribution in [3.8, 4) is 0 Å². The van der Waals surface area contributed by atoms with E-state index < -0.39 is 8.48 Å². The number of hydrogen-bond donors (Lipinski definition) is 0. The van der Waals surface area contributed by atoms with Gasteiger partial charge in [0, 0.05) is 27.5 Å². The van der Waals surface area contributed by atoms with Gasteiger partial charge in [0.15, 0.2) is 0 Å². The first kappa shape index (κ1) is 16.4. The van der Waals surface area contributed by atoms with Crippen LogP contribution in [0.25, 0.3) is 0 Å². The first-order valence-electron chi connectivity index (χ1n) is 6.88. The van der Waals surface area contributed by atoms with Crippen LogP contribution in [-0.2, 0) is 0 Å². The maximum Gasteiger partial charge on any atom is 0.108 e. The fourth-order valence-corrected chi connectivity index (χ4v) is 9.06. The van der Waals surface area contributed by atoms with Crippen molar-refractivity contribution in [2.75, 3.05) is 13.1 Å². The van der Waals surface area contributed by atoms with Crippen molar-refractivity contribution < 1.29 is 0 Å². The van der Waals surface area contributed by atoms with Gasteiger partial charge in [0.05, 0.1) is 0 Å². The first-order chi connectivity index (χ1) is 7.36. The topological polar surface area (TPSA) is 6.48 Å². The van der Waals surface area contributed by atoms with Crippen LogP contribution in [0.5, 0.6) is 0 Å². The van der Waals surface area contributed by atoms with Crippen LogP contribution in [0.3, 0.4) is 0 Å². The largest absolute Gasteiger partial charge is 0.328 e. The Balaban J connectivity index is 4.65. The summed E-state index contributed by atoms with van der Waals surface area (Å²) in [6.07, 6.45) is 0. The third-order valence-corrected chi connectivity index (χ3v) is 12.5. The Morgan fingerprint density at radius 1 is 0.938 bits per heavy atom. The van der Waals surface area contributed by atoms with E-state index in [1.54, 1.807) is 0 Å². The molecule has 0 spiro atoms. The summed E-state index contributed by atoms with van der Waals surface area (Å²) in [6.45, 7) is 18.9. The van der Waals surface area contributed by atoms with Gasteiger partial charge < -0.3 is 4.57 Å². The molecule has 0 aromatic rings. The highest BCUT2D eigenvalue weighted by atomic mass is 29.2. The van der Waals surface area contributed by atoms with Crippen molar-refractivity contribution in [1.82, 2.24) is 9.47 Å². The Hall–Kier alpha value is 0.354. The van der Waals surface area contributed by atoms with E-state index in [4.69, 9.17) is 0 Å². The van der Waals surface area contributed by atoms with Gasteiger partial charge >= 0.3 is 0 Å². The second kappa shape index (κ2) is 7.64. The third-order valence-electron chi connectivity index (χ3n) is 3.75. The highest BCUT2D eigenvalue weighted by Crippen LogP contribution is 2.13. The molecule has 0 aromatic heterocycles. The van der Waals surface area contributed by atoms with Gasteiger partial charge in [0.1, 0.15) is 8.48 Å². The molecule has 16 heavy (non-hydrogen) atoms. The molecule has 0 N–H and O–H groups in total. The van der Waals surface area contributed by atoms with Crippen molar-refractivity contribution in [2.45, 2.75) is 66.2 Å². The monoisotopic (exact) mass is 260 g/mol. The lowest BCUT2D eigenvalue weighted by atomic mass is 10.2. The molecule has 0 rings (SSSR count). The lowest BCUT2D eigenvalue weighted by Gasteiger charge is -2.42. The molecule has 0 aliphatic heterocycles. The van der Waals surface area contributed by atoms with E-state index >= 15 is 0 Å². The molecule has 0 bridgehead atoms. The fraction of sp³-hybridized carbons (Fsp3) is 1.00. The number of rotatable bonds is 7. The quantitative estimate of drug-likeness (QED) is 0.629. The summed E-state index contributed by atoms with van der Waals surface area (Å²) in [5.74, 6) is 0. The molecular weight excluding hydrogens is 228 g/mol. The standard InChI is InChI=1S/C12H32N2Si2/c1-8-13(9-2)16(15)12(7)14(10(3)4)11(5)6/h10-12,16H,8-9H2,1-7,15H3. The van der Waals surface area contributed by atoms with Crippen molar-refractivity contribution in [2.24, 2.45) is 0 Å². The second-order valence-corrected chi connectivity index (χ2v) is 12.1. The Morgan fingerprint density at radius 3 is 1.56 bits per heavy atom. The van der Waals surface area contributed by atoms with Crippen molar-refractivity contribution in [3.63, 3.8) is 0 Å². The maximum absolute atomic E-state index is 2.74. The third kappa shape index (κ3) is 4.32. The molecule has 4 heteroatoms. The van der Waals surface area contributed by atoms with Crippen LogP contribution < -0.4 is 0 Å². The lowest BCUT2D eigenvalue weighted by Crippen LogP contribution is -2.58. The van der Waals surface area contributed by atoms with Crippen molar-refractivity contribution in [1.29, 1.82) is 0 Å². The number of nitrogens with zero attached hydrogens (tertiary/aromatic N) is 2. The Kier molecular flexibility index (Phi) is 7.80. The number of hydrogen-bond acceptors (Lipinski definition) is 2. The lowest BCUT2D eigenvalue weighted by molar-refractivity contribution is 0.156. The predicted molar refractivity (Wildman–Crippen MR) is 81.6 cm³/mol. The van der Waals surface area contributed by atoms with Gasteiger partial charge in [-0.25, -0.2) is 0 Å². The zero-order valence-electron chi connectivity index (χ0n) is 12.6. The van der Waals surface area contributed by atoms with E-state index in [2.05, 4.69) is 57.9 Å². The molecule has 0 heterocycles. The van der Waals surface area contributed by atoms with Crippen LogP contribution in [0.15, 0.2) is 0 Å². The average Bonchev–Trinajstić information content (AvgIpc) is 2.18. The Labute approximate surface area is 107 Å². The van der Waals surface area contributed by atoms with Crippen LogP contribution in [0.2, 0.25) is 0 Å². The van der Waals surface area contributed by atoms with E-state index in [1.807, 2.05) is 0 Å². The van der Waals surface area contributed by atoms with E-state index in [-0.39, 0.29) is 0 Å². The molecule has 0 aliphatic carbocycles. The summed E-state index contributed by atoms with van der Waals surface area (Å²) >= 11 is 0. The minimum absolute atomic E-state index is 0.675. The highest BCUT2D eigenvalue weighted by Gasteiger charge is 2.28. The smallest absolute Gasteiger partial charge is 0.108 e. The zero-order chi connectivity index (χ0) is 12.9. The summed E-state index contributed by atoms with van der Waals surface area (Å²) in [5.41, 5.74) is 0.812. The SMILES string of the molecule is CCN(CC)[SiH]([SiH3])C(C)N(C(C)C)C(C)C. The van der Waals surface area contributed by atoms with Gasteiger partial charge in [-0.3, -0.25) is 4.90 Å². The summed E-state index contributed by atoms with van der Waals surface area (Å²) in [7, 11) is 0.705. The van der Waals surface area contributed by atoms with Crippen molar-refractivity contribution >= 4 is 18.2 Å². The fourth-order valence-electron chi connectivity index (χ4n) is 2.89. The highest BCUT2D eigenvalue weighted by molar-refractivity contribution is 7.02. The van der Waals surface area contributed by atoms with Gasteiger partial charge in [-0.15, -0.1) is 0 Å². The summed E-state index contributed by atoms with van der Waals surface area (Å²) in [6, 6.07) is 1.35. The normalized spacial score (nSPS) is 16.7. The van der Waals surface area contributed by atoms with E-state index in [0.29, 0.717) is 12.1 Å². The predicted octanol–water partition coefficient (Wildman–Crippen LogP) is 0.961. The Bertz CT molecular complexity index is 174. The van der Waals surface area contributed by atoms with Crippen molar-refractivity contribution in [3.05, 3.63) is 0 Å². The molecule has 2 nitrogen and oxygen atoms in total. The van der Waals surface area contributed by atoms with Crippen LogP contribution in [-0.4, -0.2) is 58.5 Å². The molecule has 2 unspecified atom stereocenters. The molecule has 0 aliphatic rings. The summed E-state index contributed by atoms with van der Waals surface area (Å²) in [5, 5.41) is 0. The molecule has 2 atom stereocenters. The summed E-state index contributed by atoms with van der Waals surface area (Å²) in [4.78, 5) is 2.71. The van der Waals surface area contributed by atoms with Crippen LogP contribution >= 0.6 is 0 Å². The molecule has 0 aromatic carbocycles. The van der Waals surface area contributed by atoms with Gasteiger partial charge in [0.25, 0.3) is 0 Å². The second-order valence-electron chi connectivity index (χ2n) is 5.34. The zero-order valence-corrected chi connectivity index (χ0v) is 15.8. The van der Waals surface area contributed by atoms with E-state index in [1.165, 1.54) is 22.8 Å². The van der Waals surface area contributed by atoms with Gasteiger partial charge in [0.2, 0.25) is 0 Å². The van der Waals surface area contributed by atoms with Crippen LogP contribution in [0.1, 0.15) is 48.5 Å². The molecule has 0 saturated heterocycles. The molecule has 0 saturated carbocycles. The maximum atomic E-state index is 2.74. The van der Waals surface area contributed by atoms with Gasteiger partial charge in [-0.05, 0) is 40.8 Å². The van der Waals surface area contributed by atoms with Crippen LogP contribution in [0, 0.1) is 0 Å². The minimum atomic E-state index is -0.683. The molecule has 0 amide bonds. The van der Waals surface area contributed by atoms with Gasteiger partial charge in [-0.2, -0.15) is 0 Å². The van der Waals surface area contributed by atoms with E-state index in [0.717, 1.165) is 5.67 Å².